The first kappa shape index (κ1) is 11.7. The topological polar surface area (TPSA) is 20.2 Å². The van der Waals surface area contributed by atoms with E-state index < -0.39 is 5.60 Å². The van der Waals surface area contributed by atoms with Crippen LogP contribution in [-0.2, 0) is 5.60 Å². The minimum absolute atomic E-state index is 0.250. The summed E-state index contributed by atoms with van der Waals surface area (Å²) in [5, 5.41) is 12.8. The Hall–Kier alpha value is -0.340. The molecule has 0 atom stereocenters. The van der Waals surface area contributed by atoms with Gasteiger partial charge in [-0.3, -0.25) is 0 Å². The number of thiophene rings is 1. The Morgan fingerprint density at radius 1 is 1.21 bits per heavy atom. The second-order valence-electron chi connectivity index (χ2n) is 4.57. The van der Waals surface area contributed by atoms with E-state index in [0.29, 0.717) is 0 Å². The molecule has 2 heteroatoms. The lowest BCUT2D eigenvalue weighted by Crippen LogP contribution is -2.37. The van der Waals surface area contributed by atoms with Crippen LogP contribution < -0.4 is 0 Å². The van der Waals surface area contributed by atoms with Crippen molar-refractivity contribution in [2.75, 3.05) is 0 Å². The molecule has 0 unspecified atom stereocenters. The number of aliphatic hydroxyl groups is 1. The van der Waals surface area contributed by atoms with Gasteiger partial charge in [0.25, 0.3) is 0 Å². The molecule has 80 valence electrons. The summed E-state index contributed by atoms with van der Waals surface area (Å²) in [6.45, 7) is 10.4. The smallest absolute Gasteiger partial charge is 0.104 e. The lowest BCUT2D eigenvalue weighted by atomic mass is 9.78. The summed E-state index contributed by atoms with van der Waals surface area (Å²) in [5.74, 6) is 0.500. The van der Waals surface area contributed by atoms with Gasteiger partial charge in [0, 0.05) is 4.88 Å². The van der Waals surface area contributed by atoms with Crippen LogP contribution in [0, 0.1) is 18.8 Å². The van der Waals surface area contributed by atoms with E-state index in [0.717, 1.165) is 4.88 Å². The minimum Gasteiger partial charge on any atom is -0.384 e. The molecule has 0 spiro atoms. The highest BCUT2D eigenvalue weighted by molar-refractivity contribution is 7.10. The van der Waals surface area contributed by atoms with Crippen LogP contribution in [0.25, 0.3) is 0 Å². The average molecular weight is 212 g/mol. The van der Waals surface area contributed by atoms with Gasteiger partial charge in [-0.25, -0.2) is 0 Å². The van der Waals surface area contributed by atoms with E-state index in [-0.39, 0.29) is 11.8 Å². The van der Waals surface area contributed by atoms with Crippen LogP contribution in [0.2, 0.25) is 0 Å². The quantitative estimate of drug-likeness (QED) is 0.812. The van der Waals surface area contributed by atoms with Crippen molar-refractivity contribution in [1.29, 1.82) is 0 Å². The van der Waals surface area contributed by atoms with Crippen molar-refractivity contribution >= 4 is 11.3 Å². The molecular formula is C12H20OS. The van der Waals surface area contributed by atoms with Crippen molar-refractivity contribution < 1.29 is 5.11 Å². The van der Waals surface area contributed by atoms with Gasteiger partial charge in [0.1, 0.15) is 5.60 Å². The van der Waals surface area contributed by atoms with E-state index in [1.807, 2.05) is 0 Å². The van der Waals surface area contributed by atoms with Gasteiger partial charge in [-0.15, -0.1) is 11.3 Å². The van der Waals surface area contributed by atoms with Crippen molar-refractivity contribution in [2.24, 2.45) is 11.8 Å². The Balaban J connectivity index is 3.19. The molecule has 0 amide bonds. The summed E-state index contributed by atoms with van der Waals surface area (Å²) in [7, 11) is 0. The fraction of sp³-hybridized carbons (Fsp3) is 0.667. The third-order valence-corrected chi connectivity index (χ3v) is 4.14. The van der Waals surface area contributed by atoms with Gasteiger partial charge < -0.3 is 5.11 Å². The molecule has 0 aliphatic heterocycles. The SMILES string of the molecule is Cc1ccsc1C(O)(C(C)C)C(C)C. The average Bonchev–Trinajstić information content (AvgIpc) is 2.49. The standard InChI is InChI=1S/C12H20OS/c1-8(2)12(13,9(3)4)11-10(5)6-7-14-11/h6-9,13H,1-5H3. The van der Waals surface area contributed by atoms with Gasteiger partial charge in [-0.05, 0) is 35.8 Å². The first-order valence-corrected chi connectivity index (χ1v) is 6.05. The summed E-state index contributed by atoms with van der Waals surface area (Å²) in [4.78, 5) is 1.13. The molecular weight excluding hydrogens is 192 g/mol. The summed E-state index contributed by atoms with van der Waals surface area (Å²) in [6.07, 6.45) is 0. The van der Waals surface area contributed by atoms with E-state index in [9.17, 15) is 5.11 Å². The Labute approximate surface area is 90.8 Å². The fourth-order valence-corrected chi connectivity index (χ4v) is 3.30. The summed E-state index contributed by atoms with van der Waals surface area (Å²) in [6, 6.07) is 2.08. The third-order valence-electron chi connectivity index (χ3n) is 2.99. The molecule has 0 aliphatic carbocycles. The van der Waals surface area contributed by atoms with Gasteiger partial charge in [-0.1, -0.05) is 27.7 Å². The largest absolute Gasteiger partial charge is 0.384 e. The first-order valence-electron chi connectivity index (χ1n) is 5.17. The maximum absolute atomic E-state index is 10.7. The molecule has 1 heterocycles. The molecule has 0 aromatic carbocycles. The molecule has 1 aromatic heterocycles. The molecule has 0 fully saturated rings. The van der Waals surface area contributed by atoms with Crippen LogP contribution in [0.1, 0.15) is 38.1 Å². The molecule has 1 rings (SSSR count). The Kier molecular flexibility index (Phi) is 3.38. The van der Waals surface area contributed by atoms with Crippen LogP contribution in [0.15, 0.2) is 11.4 Å². The van der Waals surface area contributed by atoms with Gasteiger partial charge in [-0.2, -0.15) is 0 Å². The van der Waals surface area contributed by atoms with Crippen molar-refractivity contribution in [3.05, 3.63) is 21.9 Å². The van der Waals surface area contributed by atoms with Crippen LogP contribution in [0.3, 0.4) is 0 Å². The van der Waals surface area contributed by atoms with Crippen LogP contribution in [0.5, 0.6) is 0 Å². The highest BCUT2D eigenvalue weighted by atomic mass is 32.1. The normalized spacial score (nSPS) is 12.9. The molecule has 1 N–H and O–H groups in total. The fourth-order valence-electron chi connectivity index (χ4n) is 1.97. The summed E-state index contributed by atoms with van der Waals surface area (Å²) >= 11 is 1.66. The zero-order chi connectivity index (χ0) is 10.9. The number of hydrogen-bond acceptors (Lipinski definition) is 2. The Morgan fingerprint density at radius 3 is 2.00 bits per heavy atom. The second-order valence-corrected chi connectivity index (χ2v) is 5.48. The predicted octanol–water partition coefficient (Wildman–Crippen LogP) is 3.56. The molecule has 1 nitrogen and oxygen atoms in total. The first-order chi connectivity index (χ1) is 6.40. The molecule has 0 bridgehead atoms. The van der Waals surface area contributed by atoms with Crippen molar-refractivity contribution in [2.45, 2.75) is 40.2 Å². The summed E-state index contributed by atoms with van der Waals surface area (Å²) in [5.41, 5.74) is 0.540. The maximum atomic E-state index is 10.7. The monoisotopic (exact) mass is 212 g/mol. The molecule has 0 radical (unpaired) electrons. The van der Waals surface area contributed by atoms with E-state index >= 15 is 0 Å². The molecule has 14 heavy (non-hydrogen) atoms. The third kappa shape index (κ3) is 1.73. The zero-order valence-electron chi connectivity index (χ0n) is 9.66. The lowest BCUT2D eigenvalue weighted by Gasteiger charge is -2.36. The van der Waals surface area contributed by atoms with E-state index in [1.165, 1.54) is 5.56 Å². The van der Waals surface area contributed by atoms with Crippen LogP contribution in [0.4, 0.5) is 0 Å². The van der Waals surface area contributed by atoms with Crippen molar-refractivity contribution in [1.82, 2.24) is 0 Å². The van der Waals surface area contributed by atoms with Crippen LogP contribution >= 0.6 is 11.3 Å². The number of hydrogen-bond donors (Lipinski definition) is 1. The molecule has 0 saturated carbocycles. The van der Waals surface area contributed by atoms with E-state index in [4.69, 9.17) is 0 Å². The van der Waals surface area contributed by atoms with Crippen molar-refractivity contribution in [3.63, 3.8) is 0 Å². The molecule has 0 saturated heterocycles. The minimum atomic E-state index is -0.668. The number of rotatable bonds is 3. The second kappa shape index (κ2) is 4.03. The van der Waals surface area contributed by atoms with Crippen LogP contribution in [-0.4, -0.2) is 5.11 Å². The Bertz CT molecular complexity index is 291. The van der Waals surface area contributed by atoms with Gasteiger partial charge in [0.2, 0.25) is 0 Å². The van der Waals surface area contributed by atoms with E-state index in [1.54, 1.807) is 11.3 Å². The van der Waals surface area contributed by atoms with Gasteiger partial charge in [0.15, 0.2) is 0 Å². The van der Waals surface area contributed by atoms with E-state index in [2.05, 4.69) is 46.1 Å². The molecule has 0 aliphatic rings. The van der Waals surface area contributed by atoms with Crippen molar-refractivity contribution in [3.8, 4) is 0 Å². The maximum Gasteiger partial charge on any atom is 0.104 e. The highest BCUT2D eigenvalue weighted by Crippen LogP contribution is 2.40. The zero-order valence-corrected chi connectivity index (χ0v) is 10.5. The number of aryl methyl sites for hydroxylation is 1. The summed E-state index contributed by atoms with van der Waals surface area (Å²) < 4.78 is 0. The molecule has 1 aromatic rings. The highest BCUT2D eigenvalue weighted by Gasteiger charge is 2.38. The lowest BCUT2D eigenvalue weighted by molar-refractivity contribution is -0.0502. The van der Waals surface area contributed by atoms with Gasteiger partial charge >= 0.3 is 0 Å². The Morgan fingerprint density at radius 2 is 1.71 bits per heavy atom. The van der Waals surface area contributed by atoms with Gasteiger partial charge in [0.05, 0.1) is 0 Å². The predicted molar refractivity (Wildman–Crippen MR) is 62.6 cm³/mol.